The maximum atomic E-state index is 9.58. The molecular formula is C12H18ClN5OS. The van der Waals surface area contributed by atoms with E-state index >= 15 is 0 Å². The topological polar surface area (TPSA) is 73.3 Å². The van der Waals surface area contributed by atoms with Crippen LogP contribution in [0.3, 0.4) is 0 Å². The maximum absolute atomic E-state index is 9.58. The maximum Gasteiger partial charge on any atom is 0.255 e. The number of hydrogen-bond acceptors (Lipinski definition) is 5. The zero-order valence-corrected chi connectivity index (χ0v) is 12.8. The Labute approximate surface area is 128 Å². The zero-order chi connectivity index (χ0) is 14.5. The summed E-state index contributed by atoms with van der Waals surface area (Å²) in [5.74, 6) is -0.0597. The first-order valence-electron chi connectivity index (χ1n) is 6.60. The summed E-state index contributed by atoms with van der Waals surface area (Å²) in [6.45, 7) is 5.29. The third kappa shape index (κ3) is 4.16. The van der Waals surface area contributed by atoms with Crippen molar-refractivity contribution >= 4 is 34.7 Å². The van der Waals surface area contributed by atoms with Gasteiger partial charge >= 0.3 is 0 Å². The Balaban J connectivity index is 1.90. The highest BCUT2D eigenvalue weighted by molar-refractivity contribution is 7.80. The van der Waals surface area contributed by atoms with Crippen LogP contribution >= 0.6 is 23.8 Å². The van der Waals surface area contributed by atoms with Gasteiger partial charge in [-0.1, -0.05) is 18.5 Å². The quantitative estimate of drug-likeness (QED) is 0.732. The van der Waals surface area contributed by atoms with Gasteiger partial charge in [0.15, 0.2) is 10.9 Å². The van der Waals surface area contributed by atoms with Gasteiger partial charge in [0.1, 0.15) is 5.15 Å². The monoisotopic (exact) mass is 315 g/mol. The lowest BCUT2D eigenvalue weighted by Crippen LogP contribution is -2.48. The highest BCUT2D eigenvalue weighted by Crippen LogP contribution is 2.19. The lowest BCUT2D eigenvalue weighted by Gasteiger charge is -2.32. The predicted octanol–water partition coefficient (Wildman–Crippen LogP) is 1.61. The zero-order valence-electron chi connectivity index (χ0n) is 11.3. The Morgan fingerprint density at radius 2 is 2.45 bits per heavy atom. The number of rotatable bonds is 3. The SMILES string of the molecule is CCN1CCC[C@@H](NC(=S)Nc2nc(Cl)cnc2O)C1. The number of nitrogens with one attached hydrogen (secondary N) is 2. The van der Waals surface area contributed by atoms with Crippen molar-refractivity contribution in [3.05, 3.63) is 11.3 Å². The Kier molecular flexibility index (Phi) is 5.33. The molecule has 0 spiro atoms. The van der Waals surface area contributed by atoms with Gasteiger partial charge in [0.2, 0.25) is 0 Å². The molecule has 1 fully saturated rings. The van der Waals surface area contributed by atoms with Crippen LogP contribution in [0.4, 0.5) is 5.82 Å². The number of halogens is 1. The standard InChI is InChI=1S/C12H18ClN5OS/c1-2-18-5-3-4-8(7-18)15-12(20)17-10-11(19)14-6-9(13)16-10/h6,8H,2-5,7H2,1H3,(H,14,19)(H2,15,16,17,20)/t8-/m1/s1. The number of thiocarbonyl (C=S) groups is 1. The smallest absolute Gasteiger partial charge is 0.255 e. The number of piperidine rings is 1. The number of hydrogen-bond donors (Lipinski definition) is 3. The summed E-state index contributed by atoms with van der Waals surface area (Å²) in [5, 5.41) is 16.3. The third-order valence-corrected chi connectivity index (χ3v) is 3.65. The molecule has 0 aromatic carbocycles. The number of aromatic hydroxyl groups is 1. The van der Waals surface area contributed by atoms with Gasteiger partial charge in [-0.25, -0.2) is 9.97 Å². The van der Waals surface area contributed by atoms with Gasteiger partial charge < -0.3 is 20.6 Å². The largest absolute Gasteiger partial charge is 0.491 e. The van der Waals surface area contributed by atoms with Gasteiger partial charge in [-0.05, 0) is 38.1 Å². The molecule has 6 nitrogen and oxygen atoms in total. The van der Waals surface area contributed by atoms with E-state index in [1.54, 1.807) is 0 Å². The van der Waals surface area contributed by atoms with Crippen LogP contribution in [0.5, 0.6) is 5.88 Å². The Hall–Kier alpha value is -1.18. The van der Waals surface area contributed by atoms with Crippen LogP contribution in [0.25, 0.3) is 0 Å². The molecule has 0 unspecified atom stereocenters. The molecule has 1 atom stereocenters. The molecule has 0 aliphatic carbocycles. The first kappa shape index (κ1) is 15.2. The number of nitrogens with zero attached hydrogens (tertiary/aromatic N) is 3. The van der Waals surface area contributed by atoms with Crippen LogP contribution in [0.1, 0.15) is 19.8 Å². The average Bonchev–Trinajstić information content (AvgIpc) is 2.43. The van der Waals surface area contributed by atoms with E-state index in [1.165, 1.54) is 6.20 Å². The lowest BCUT2D eigenvalue weighted by molar-refractivity contribution is 0.210. The van der Waals surface area contributed by atoms with Crippen molar-refractivity contribution in [3.63, 3.8) is 0 Å². The predicted molar refractivity (Wildman–Crippen MR) is 83.2 cm³/mol. The summed E-state index contributed by atoms with van der Waals surface area (Å²) >= 11 is 11.0. The second-order valence-corrected chi connectivity index (χ2v) is 5.49. The fourth-order valence-corrected chi connectivity index (χ4v) is 2.63. The molecule has 2 rings (SSSR count). The fraction of sp³-hybridized carbons (Fsp3) is 0.583. The van der Waals surface area contributed by atoms with Crippen molar-refractivity contribution in [1.82, 2.24) is 20.2 Å². The summed E-state index contributed by atoms with van der Waals surface area (Å²) in [4.78, 5) is 10.0. The molecule has 110 valence electrons. The van der Waals surface area contributed by atoms with E-state index < -0.39 is 0 Å². The molecule has 0 amide bonds. The minimum Gasteiger partial charge on any atom is -0.491 e. The lowest BCUT2D eigenvalue weighted by atomic mass is 10.1. The summed E-state index contributed by atoms with van der Waals surface area (Å²) in [6, 6.07) is 0.304. The number of aromatic nitrogens is 2. The van der Waals surface area contributed by atoms with Crippen LogP contribution in [0, 0.1) is 0 Å². The Morgan fingerprint density at radius 1 is 1.65 bits per heavy atom. The van der Waals surface area contributed by atoms with E-state index in [4.69, 9.17) is 23.8 Å². The van der Waals surface area contributed by atoms with Crippen LogP contribution in [0.2, 0.25) is 5.15 Å². The molecule has 1 aromatic rings. The van der Waals surface area contributed by atoms with Crippen molar-refractivity contribution in [1.29, 1.82) is 0 Å². The fourth-order valence-electron chi connectivity index (χ4n) is 2.23. The average molecular weight is 316 g/mol. The molecule has 1 saturated heterocycles. The molecule has 0 radical (unpaired) electrons. The second kappa shape index (κ2) is 7.01. The minimum absolute atomic E-state index is 0.165. The van der Waals surface area contributed by atoms with Gasteiger partial charge in [-0.15, -0.1) is 0 Å². The molecule has 1 aromatic heterocycles. The molecule has 20 heavy (non-hydrogen) atoms. The summed E-state index contributed by atoms with van der Waals surface area (Å²) in [6.07, 6.45) is 3.50. The van der Waals surface area contributed by atoms with Gasteiger partial charge in [0.05, 0.1) is 6.20 Å². The highest BCUT2D eigenvalue weighted by atomic mass is 35.5. The number of likely N-dealkylation sites (tertiary alicyclic amines) is 1. The summed E-state index contributed by atoms with van der Waals surface area (Å²) < 4.78 is 0. The molecular weight excluding hydrogens is 298 g/mol. The first-order valence-corrected chi connectivity index (χ1v) is 7.38. The molecule has 3 N–H and O–H groups in total. The van der Waals surface area contributed by atoms with Crippen molar-refractivity contribution < 1.29 is 5.11 Å². The van der Waals surface area contributed by atoms with Gasteiger partial charge in [0.25, 0.3) is 5.88 Å². The number of anilines is 1. The van der Waals surface area contributed by atoms with Crippen molar-refractivity contribution in [2.24, 2.45) is 0 Å². The third-order valence-electron chi connectivity index (χ3n) is 3.24. The second-order valence-electron chi connectivity index (χ2n) is 4.70. The normalized spacial score (nSPS) is 19.6. The van der Waals surface area contributed by atoms with E-state index in [0.717, 1.165) is 32.5 Å². The van der Waals surface area contributed by atoms with E-state index in [-0.39, 0.29) is 16.9 Å². The molecule has 1 aliphatic heterocycles. The first-order chi connectivity index (χ1) is 9.58. The van der Waals surface area contributed by atoms with E-state index in [2.05, 4.69) is 32.4 Å². The van der Waals surface area contributed by atoms with Crippen LogP contribution < -0.4 is 10.6 Å². The van der Waals surface area contributed by atoms with Crippen molar-refractivity contribution in [2.45, 2.75) is 25.8 Å². The molecule has 2 heterocycles. The van der Waals surface area contributed by atoms with Crippen LogP contribution in [0.15, 0.2) is 6.20 Å². The number of likely N-dealkylation sites (N-methyl/N-ethyl adjacent to an activating group) is 1. The van der Waals surface area contributed by atoms with E-state index in [1.807, 2.05) is 0 Å². The Morgan fingerprint density at radius 3 is 3.20 bits per heavy atom. The molecule has 0 bridgehead atoms. The van der Waals surface area contributed by atoms with E-state index in [9.17, 15) is 5.11 Å². The molecule has 0 saturated carbocycles. The van der Waals surface area contributed by atoms with Gasteiger partial charge in [-0.3, -0.25) is 0 Å². The molecule has 8 heteroatoms. The van der Waals surface area contributed by atoms with Gasteiger partial charge in [0, 0.05) is 12.6 Å². The van der Waals surface area contributed by atoms with Crippen molar-refractivity contribution in [2.75, 3.05) is 25.0 Å². The van der Waals surface area contributed by atoms with Gasteiger partial charge in [-0.2, -0.15) is 0 Å². The van der Waals surface area contributed by atoms with Crippen LogP contribution in [-0.2, 0) is 0 Å². The minimum atomic E-state index is -0.225. The van der Waals surface area contributed by atoms with E-state index in [0.29, 0.717) is 11.2 Å². The summed E-state index contributed by atoms with van der Waals surface area (Å²) in [7, 11) is 0. The van der Waals surface area contributed by atoms with Crippen molar-refractivity contribution in [3.8, 4) is 5.88 Å². The summed E-state index contributed by atoms with van der Waals surface area (Å²) in [5.41, 5.74) is 0. The molecule has 1 aliphatic rings. The highest BCUT2D eigenvalue weighted by Gasteiger charge is 2.19. The van der Waals surface area contributed by atoms with Crippen LogP contribution in [-0.4, -0.2) is 50.8 Å². The Bertz CT molecular complexity index is 487.